The number of hydrogen-bond donors (Lipinski definition) is 1. The molecule has 0 aromatic rings. The first-order valence-electron chi connectivity index (χ1n) is 6.87. The zero-order valence-corrected chi connectivity index (χ0v) is 12.6. The summed E-state index contributed by atoms with van der Waals surface area (Å²) in [5.74, 6) is 0.970. The summed E-state index contributed by atoms with van der Waals surface area (Å²) in [4.78, 5) is 14.0. The Morgan fingerprint density at radius 1 is 1.39 bits per heavy atom. The fourth-order valence-corrected chi connectivity index (χ4v) is 2.66. The third-order valence-electron chi connectivity index (χ3n) is 3.60. The van der Waals surface area contributed by atoms with Crippen LogP contribution in [0.2, 0.25) is 0 Å². The van der Waals surface area contributed by atoms with E-state index in [-0.39, 0.29) is 18.2 Å². The Morgan fingerprint density at radius 3 is 2.39 bits per heavy atom. The second-order valence-corrected chi connectivity index (χ2v) is 6.78. The molecule has 3 unspecified atom stereocenters. The Hall–Kier alpha value is -0.770. The van der Waals surface area contributed by atoms with Crippen molar-refractivity contribution in [3.8, 4) is 0 Å². The quantitative estimate of drug-likeness (QED) is 0.784. The minimum Gasteiger partial charge on any atom is -0.444 e. The largest absolute Gasteiger partial charge is 0.444 e. The highest BCUT2D eigenvalue weighted by Gasteiger charge is 2.37. The molecular formula is C14H28N2O2. The molecule has 0 bridgehead atoms. The third kappa shape index (κ3) is 3.87. The normalized spacial score (nSPS) is 29.6. The number of ether oxygens (including phenoxy) is 1. The van der Waals surface area contributed by atoms with E-state index < -0.39 is 5.60 Å². The Balaban J connectivity index is 2.77. The number of nitrogens with zero attached hydrogens (tertiary/aromatic N) is 1. The molecule has 0 aromatic heterocycles. The van der Waals surface area contributed by atoms with Crippen molar-refractivity contribution in [2.45, 2.75) is 65.6 Å². The van der Waals surface area contributed by atoms with Crippen LogP contribution in [0.4, 0.5) is 4.79 Å². The maximum absolute atomic E-state index is 12.2. The number of amides is 1. The molecule has 1 aliphatic rings. The van der Waals surface area contributed by atoms with E-state index in [9.17, 15) is 4.79 Å². The van der Waals surface area contributed by atoms with Crippen LogP contribution in [0.25, 0.3) is 0 Å². The Morgan fingerprint density at radius 2 is 1.94 bits per heavy atom. The molecule has 1 amide bonds. The van der Waals surface area contributed by atoms with E-state index in [0.29, 0.717) is 18.4 Å². The van der Waals surface area contributed by atoms with Gasteiger partial charge in [-0.25, -0.2) is 4.79 Å². The van der Waals surface area contributed by atoms with Gasteiger partial charge in [0.2, 0.25) is 0 Å². The summed E-state index contributed by atoms with van der Waals surface area (Å²) in [6, 6.07) is 0.251. The Labute approximate surface area is 111 Å². The van der Waals surface area contributed by atoms with Gasteiger partial charge in [0, 0.05) is 18.6 Å². The van der Waals surface area contributed by atoms with Crippen molar-refractivity contribution in [3.63, 3.8) is 0 Å². The highest BCUT2D eigenvalue weighted by atomic mass is 16.6. The first-order valence-corrected chi connectivity index (χ1v) is 6.87. The number of piperidine rings is 1. The topological polar surface area (TPSA) is 55.6 Å². The molecule has 18 heavy (non-hydrogen) atoms. The van der Waals surface area contributed by atoms with E-state index in [1.807, 2.05) is 20.8 Å². The molecule has 4 heteroatoms. The maximum Gasteiger partial charge on any atom is 0.410 e. The number of nitrogens with two attached hydrogens (primary N) is 1. The molecular weight excluding hydrogens is 228 g/mol. The van der Waals surface area contributed by atoms with Gasteiger partial charge in [-0.3, -0.25) is 0 Å². The lowest BCUT2D eigenvalue weighted by Gasteiger charge is -2.44. The van der Waals surface area contributed by atoms with Crippen LogP contribution in [0.3, 0.4) is 0 Å². The molecule has 1 rings (SSSR count). The molecule has 0 radical (unpaired) electrons. The highest BCUT2D eigenvalue weighted by Crippen LogP contribution is 2.30. The smallest absolute Gasteiger partial charge is 0.410 e. The number of carbonyl (C=O) groups excluding carboxylic acids is 1. The molecule has 1 heterocycles. The van der Waals surface area contributed by atoms with Gasteiger partial charge >= 0.3 is 6.09 Å². The van der Waals surface area contributed by atoms with Crippen LogP contribution >= 0.6 is 0 Å². The number of rotatable bonds is 1. The van der Waals surface area contributed by atoms with E-state index in [0.717, 1.165) is 6.42 Å². The predicted octanol–water partition coefficient (Wildman–Crippen LogP) is 2.62. The lowest BCUT2D eigenvalue weighted by Crippen LogP contribution is -2.56. The van der Waals surface area contributed by atoms with E-state index >= 15 is 0 Å². The summed E-state index contributed by atoms with van der Waals surface area (Å²) >= 11 is 0. The van der Waals surface area contributed by atoms with Crippen molar-refractivity contribution in [1.29, 1.82) is 0 Å². The molecule has 106 valence electrons. The van der Waals surface area contributed by atoms with Crippen LogP contribution in [0.1, 0.15) is 48.0 Å². The second-order valence-electron chi connectivity index (χ2n) is 6.78. The SMILES string of the molecule is CC(C)C1CC(N)CN(C(=O)OC(C)(C)C)C1C. The molecule has 1 saturated heterocycles. The maximum atomic E-state index is 12.2. The first kappa shape index (κ1) is 15.3. The lowest BCUT2D eigenvalue weighted by molar-refractivity contribution is -0.00498. The standard InChI is InChI=1S/C14H28N2O2/c1-9(2)12-7-11(15)8-16(10(12)3)13(17)18-14(4,5)6/h9-12H,7-8,15H2,1-6H3. The molecule has 1 aliphatic heterocycles. The van der Waals surface area contributed by atoms with E-state index in [1.165, 1.54) is 0 Å². The zero-order valence-electron chi connectivity index (χ0n) is 12.6. The summed E-state index contributed by atoms with van der Waals surface area (Å²) in [5.41, 5.74) is 5.61. The van der Waals surface area contributed by atoms with E-state index in [2.05, 4.69) is 20.8 Å². The predicted molar refractivity (Wildman–Crippen MR) is 73.3 cm³/mol. The van der Waals surface area contributed by atoms with Crippen LogP contribution in [0.15, 0.2) is 0 Å². The molecule has 0 aliphatic carbocycles. The first-order chi connectivity index (χ1) is 8.11. The fourth-order valence-electron chi connectivity index (χ4n) is 2.66. The van der Waals surface area contributed by atoms with Crippen molar-refractivity contribution >= 4 is 6.09 Å². The average molecular weight is 256 g/mol. The van der Waals surface area contributed by atoms with E-state index in [1.54, 1.807) is 4.90 Å². The van der Waals surface area contributed by atoms with Crippen LogP contribution in [0, 0.1) is 11.8 Å². The summed E-state index contributed by atoms with van der Waals surface area (Å²) in [7, 11) is 0. The van der Waals surface area contributed by atoms with Crippen LogP contribution in [0.5, 0.6) is 0 Å². The van der Waals surface area contributed by atoms with Gasteiger partial charge in [0.15, 0.2) is 0 Å². The Bertz CT molecular complexity index is 297. The van der Waals surface area contributed by atoms with Gasteiger partial charge in [-0.15, -0.1) is 0 Å². The molecule has 1 fully saturated rings. The lowest BCUT2D eigenvalue weighted by atomic mass is 9.80. The van der Waals surface area contributed by atoms with E-state index in [4.69, 9.17) is 10.5 Å². The second kappa shape index (κ2) is 5.47. The summed E-state index contributed by atoms with van der Waals surface area (Å²) in [5, 5.41) is 0. The highest BCUT2D eigenvalue weighted by molar-refractivity contribution is 5.68. The van der Waals surface area contributed by atoms with Crippen LogP contribution in [-0.2, 0) is 4.74 Å². The molecule has 4 nitrogen and oxygen atoms in total. The van der Waals surface area contributed by atoms with Crippen molar-refractivity contribution in [3.05, 3.63) is 0 Å². The molecule has 0 spiro atoms. The molecule has 3 atom stereocenters. The van der Waals surface area contributed by atoms with Gasteiger partial charge in [-0.05, 0) is 46.0 Å². The van der Waals surface area contributed by atoms with Gasteiger partial charge in [0.05, 0.1) is 0 Å². The van der Waals surface area contributed by atoms with Gasteiger partial charge < -0.3 is 15.4 Å². The number of carbonyl (C=O) groups is 1. The Kier molecular flexibility index (Phi) is 4.65. The monoisotopic (exact) mass is 256 g/mol. The van der Waals surface area contributed by atoms with Gasteiger partial charge in [0.25, 0.3) is 0 Å². The van der Waals surface area contributed by atoms with Gasteiger partial charge in [-0.2, -0.15) is 0 Å². The van der Waals surface area contributed by atoms with Crippen molar-refractivity contribution in [2.24, 2.45) is 17.6 Å². The summed E-state index contributed by atoms with van der Waals surface area (Å²) < 4.78 is 5.46. The minimum atomic E-state index is -0.453. The molecule has 0 aromatic carbocycles. The fraction of sp³-hybridized carbons (Fsp3) is 0.929. The number of likely N-dealkylation sites (tertiary alicyclic amines) is 1. The molecule has 0 saturated carbocycles. The molecule has 2 N–H and O–H groups in total. The average Bonchev–Trinajstić information content (AvgIpc) is 2.17. The minimum absolute atomic E-state index is 0.0566. The van der Waals surface area contributed by atoms with Crippen molar-refractivity contribution in [1.82, 2.24) is 4.90 Å². The summed E-state index contributed by atoms with van der Waals surface area (Å²) in [6.07, 6.45) is 0.744. The zero-order chi connectivity index (χ0) is 14.1. The number of hydrogen-bond acceptors (Lipinski definition) is 3. The van der Waals surface area contributed by atoms with Crippen LogP contribution in [-0.4, -0.2) is 35.2 Å². The summed E-state index contributed by atoms with van der Waals surface area (Å²) in [6.45, 7) is 12.7. The van der Waals surface area contributed by atoms with Gasteiger partial charge in [0.1, 0.15) is 5.60 Å². The third-order valence-corrected chi connectivity index (χ3v) is 3.60. The van der Waals surface area contributed by atoms with Crippen molar-refractivity contribution in [2.75, 3.05) is 6.54 Å². The van der Waals surface area contributed by atoms with Gasteiger partial charge in [-0.1, -0.05) is 13.8 Å². The van der Waals surface area contributed by atoms with Crippen LogP contribution < -0.4 is 5.73 Å². The van der Waals surface area contributed by atoms with Crippen molar-refractivity contribution < 1.29 is 9.53 Å².